The Morgan fingerprint density at radius 1 is 1.44 bits per heavy atom. The molecule has 0 aliphatic carbocycles. The first-order valence-electron chi connectivity index (χ1n) is 5.73. The van der Waals surface area contributed by atoms with Crippen LogP contribution in [0.4, 0.5) is 0 Å². The molecule has 0 aromatic carbocycles. The van der Waals surface area contributed by atoms with Crippen LogP contribution in [-0.4, -0.2) is 14.8 Å². The van der Waals surface area contributed by atoms with Gasteiger partial charge >= 0.3 is 0 Å². The summed E-state index contributed by atoms with van der Waals surface area (Å²) >= 11 is 0. The number of pyridine rings is 1. The number of nitrogens with two attached hydrogens (primary N) is 1. The summed E-state index contributed by atoms with van der Waals surface area (Å²) in [7, 11) is 0. The van der Waals surface area contributed by atoms with Crippen molar-refractivity contribution < 1.29 is 0 Å². The molecule has 2 aromatic rings. The Morgan fingerprint density at radius 2 is 2.22 bits per heavy atom. The van der Waals surface area contributed by atoms with Crippen LogP contribution in [0.25, 0.3) is 0 Å². The number of aryl methyl sites for hydroxylation is 1. The van der Waals surface area contributed by atoms with Gasteiger partial charge in [-0.25, -0.2) is 4.98 Å². The third kappa shape index (κ3) is 2.24. The number of hydrogen-bond donors (Lipinski definition) is 1. The van der Waals surface area contributed by atoms with E-state index in [-0.39, 0.29) is 0 Å². The summed E-state index contributed by atoms with van der Waals surface area (Å²) in [6.45, 7) is 5.09. The molecule has 0 unspecified atom stereocenters. The highest BCUT2D eigenvalue weighted by Crippen LogP contribution is 2.14. The molecule has 2 N–H and O–H groups in total. The highest BCUT2D eigenvalue weighted by Gasteiger charge is 2.10. The Morgan fingerprint density at radius 3 is 2.83 bits per heavy atom. The van der Waals surface area contributed by atoms with Gasteiger partial charge in [-0.1, -0.05) is 0 Å². The van der Waals surface area contributed by atoms with Gasteiger partial charge in [-0.3, -0.25) is 4.68 Å². The maximum absolute atomic E-state index is 8.82. The van der Waals surface area contributed by atoms with Crippen molar-refractivity contribution in [2.75, 3.05) is 0 Å². The number of aromatic nitrogens is 3. The zero-order valence-electron chi connectivity index (χ0n) is 10.5. The quantitative estimate of drug-likeness (QED) is 0.877. The fraction of sp³-hybridized carbons (Fsp3) is 0.308. The minimum Gasteiger partial charge on any atom is -0.326 e. The van der Waals surface area contributed by atoms with Crippen LogP contribution in [0.15, 0.2) is 18.3 Å². The average molecular weight is 241 g/mol. The van der Waals surface area contributed by atoms with E-state index in [1.54, 1.807) is 12.3 Å². The first kappa shape index (κ1) is 12.3. The molecule has 0 amide bonds. The van der Waals surface area contributed by atoms with Crippen LogP contribution >= 0.6 is 0 Å². The van der Waals surface area contributed by atoms with E-state index < -0.39 is 0 Å². The van der Waals surface area contributed by atoms with Gasteiger partial charge in [0.15, 0.2) is 0 Å². The summed E-state index contributed by atoms with van der Waals surface area (Å²) in [6.07, 6.45) is 1.64. The molecule has 0 fully saturated rings. The maximum atomic E-state index is 8.82. The molecular formula is C13H15N5. The highest BCUT2D eigenvalue weighted by atomic mass is 15.3. The van der Waals surface area contributed by atoms with Crippen LogP contribution in [-0.2, 0) is 13.1 Å². The first-order chi connectivity index (χ1) is 8.65. The van der Waals surface area contributed by atoms with Gasteiger partial charge in [0.25, 0.3) is 0 Å². The predicted octanol–water partition coefficient (Wildman–Crippen LogP) is 1.27. The van der Waals surface area contributed by atoms with E-state index in [1.807, 2.05) is 30.7 Å². The second-order valence-corrected chi connectivity index (χ2v) is 4.17. The number of nitrogens with zero attached hydrogens (tertiary/aromatic N) is 4. The Labute approximate surface area is 106 Å². The largest absolute Gasteiger partial charge is 0.326 e. The summed E-state index contributed by atoms with van der Waals surface area (Å²) in [5, 5.41) is 13.3. The molecule has 2 rings (SSSR count). The second kappa shape index (κ2) is 4.98. The Bertz CT molecular complexity index is 606. The van der Waals surface area contributed by atoms with Crippen molar-refractivity contribution in [2.45, 2.75) is 26.9 Å². The molecule has 2 aromatic heterocycles. The molecule has 0 aliphatic heterocycles. The Kier molecular flexibility index (Phi) is 3.40. The van der Waals surface area contributed by atoms with Gasteiger partial charge in [-0.05, 0) is 31.5 Å². The Balaban J connectivity index is 2.32. The van der Waals surface area contributed by atoms with Gasteiger partial charge in [0, 0.05) is 24.0 Å². The molecule has 92 valence electrons. The van der Waals surface area contributed by atoms with Gasteiger partial charge in [0.1, 0.15) is 11.8 Å². The molecule has 5 heteroatoms. The summed E-state index contributed by atoms with van der Waals surface area (Å²) in [5.41, 5.74) is 10.3. The monoisotopic (exact) mass is 241 g/mol. The third-order valence-electron chi connectivity index (χ3n) is 3.01. The van der Waals surface area contributed by atoms with E-state index >= 15 is 0 Å². The third-order valence-corrected chi connectivity index (χ3v) is 3.01. The van der Waals surface area contributed by atoms with Crippen LogP contribution in [0.1, 0.15) is 28.2 Å². The van der Waals surface area contributed by atoms with Crippen molar-refractivity contribution in [1.29, 1.82) is 5.26 Å². The highest BCUT2D eigenvalue weighted by molar-refractivity contribution is 5.28. The lowest BCUT2D eigenvalue weighted by molar-refractivity contribution is 0.657. The average Bonchev–Trinajstić information content (AvgIpc) is 2.64. The standard InChI is InChI=1S/C13H15N5/c1-9-13(7-15)10(2)18(17-9)8-11-3-4-16-12(5-11)6-14/h3-5H,7-8,15H2,1-2H3. The predicted molar refractivity (Wildman–Crippen MR) is 67.6 cm³/mol. The van der Waals surface area contributed by atoms with Gasteiger partial charge < -0.3 is 5.73 Å². The van der Waals surface area contributed by atoms with Gasteiger partial charge in [0.05, 0.1) is 12.2 Å². The minimum absolute atomic E-state index is 0.424. The summed E-state index contributed by atoms with van der Waals surface area (Å²) < 4.78 is 1.91. The van der Waals surface area contributed by atoms with Gasteiger partial charge in [-0.15, -0.1) is 0 Å². The summed E-state index contributed by atoms with van der Waals surface area (Å²) in [6, 6.07) is 5.70. The van der Waals surface area contributed by atoms with E-state index in [9.17, 15) is 0 Å². The van der Waals surface area contributed by atoms with Crippen molar-refractivity contribution in [3.63, 3.8) is 0 Å². The van der Waals surface area contributed by atoms with E-state index in [2.05, 4.69) is 10.1 Å². The zero-order chi connectivity index (χ0) is 13.1. The maximum Gasteiger partial charge on any atom is 0.140 e. The van der Waals surface area contributed by atoms with Crippen molar-refractivity contribution in [2.24, 2.45) is 5.73 Å². The van der Waals surface area contributed by atoms with Crippen LogP contribution < -0.4 is 5.73 Å². The van der Waals surface area contributed by atoms with Crippen LogP contribution in [0, 0.1) is 25.2 Å². The smallest absolute Gasteiger partial charge is 0.140 e. The molecule has 0 atom stereocenters. The number of rotatable bonds is 3. The fourth-order valence-corrected chi connectivity index (χ4v) is 1.99. The SMILES string of the molecule is Cc1nn(Cc2ccnc(C#N)c2)c(C)c1CN. The summed E-state index contributed by atoms with van der Waals surface area (Å²) in [5.74, 6) is 0. The molecule has 2 heterocycles. The van der Waals surface area contributed by atoms with Crippen LogP contribution in [0.3, 0.4) is 0 Å². The van der Waals surface area contributed by atoms with Gasteiger partial charge in [-0.2, -0.15) is 10.4 Å². The number of nitriles is 1. The molecule has 0 saturated carbocycles. The van der Waals surface area contributed by atoms with Crippen LogP contribution in [0.2, 0.25) is 0 Å². The van der Waals surface area contributed by atoms with E-state index in [4.69, 9.17) is 11.0 Å². The lowest BCUT2D eigenvalue weighted by atomic mass is 10.2. The fourth-order valence-electron chi connectivity index (χ4n) is 1.99. The van der Waals surface area contributed by atoms with Gasteiger partial charge in [0.2, 0.25) is 0 Å². The van der Waals surface area contributed by atoms with E-state index in [0.717, 1.165) is 22.5 Å². The van der Waals surface area contributed by atoms with Crippen molar-refractivity contribution in [3.8, 4) is 6.07 Å². The second-order valence-electron chi connectivity index (χ2n) is 4.17. The normalized spacial score (nSPS) is 10.3. The molecule has 0 radical (unpaired) electrons. The minimum atomic E-state index is 0.424. The lowest BCUT2D eigenvalue weighted by Gasteiger charge is -2.05. The molecule has 0 saturated heterocycles. The summed E-state index contributed by atoms with van der Waals surface area (Å²) in [4.78, 5) is 3.95. The molecular weight excluding hydrogens is 226 g/mol. The molecule has 5 nitrogen and oxygen atoms in total. The number of hydrogen-bond acceptors (Lipinski definition) is 4. The molecule has 0 bridgehead atoms. The topological polar surface area (TPSA) is 80.5 Å². The van der Waals surface area contributed by atoms with Crippen molar-refractivity contribution >= 4 is 0 Å². The van der Waals surface area contributed by atoms with E-state index in [1.165, 1.54) is 0 Å². The van der Waals surface area contributed by atoms with E-state index in [0.29, 0.717) is 18.8 Å². The van der Waals surface area contributed by atoms with Crippen molar-refractivity contribution in [3.05, 3.63) is 46.5 Å². The van der Waals surface area contributed by atoms with Crippen LogP contribution in [0.5, 0.6) is 0 Å². The molecule has 0 spiro atoms. The first-order valence-corrected chi connectivity index (χ1v) is 5.73. The molecule has 18 heavy (non-hydrogen) atoms. The molecule has 0 aliphatic rings. The zero-order valence-corrected chi connectivity index (χ0v) is 10.5. The lowest BCUT2D eigenvalue weighted by Crippen LogP contribution is -2.06. The van der Waals surface area contributed by atoms with Crippen molar-refractivity contribution in [1.82, 2.24) is 14.8 Å². The Hall–Kier alpha value is -2.19.